The van der Waals surface area contributed by atoms with Crippen molar-refractivity contribution in [3.63, 3.8) is 0 Å². The van der Waals surface area contributed by atoms with Crippen molar-refractivity contribution < 1.29 is 9.59 Å². The van der Waals surface area contributed by atoms with E-state index in [-0.39, 0.29) is 12.5 Å². The normalized spacial score (nSPS) is 10.1. The largest absolute Gasteiger partial charge is 0.370 e. The lowest BCUT2D eigenvalue weighted by molar-refractivity contribution is -0.108. The average Bonchev–Trinajstić information content (AvgIpc) is 2.75. The average molecular weight is 457 g/mol. The molecule has 0 aliphatic carbocycles. The molecule has 1 amide bonds. The van der Waals surface area contributed by atoms with E-state index in [1.54, 1.807) is 19.2 Å². The topological polar surface area (TPSA) is 40.6 Å². The Morgan fingerprint density at radius 1 is 1.07 bits per heavy atom. The molecule has 0 radical (unpaired) electrons. The van der Waals surface area contributed by atoms with Crippen LogP contribution in [0.2, 0.25) is 0 Å². The van der Waals surface area contributed by atoms with Gasteiger partial charge >= 0.3 is 0 Å². The summed E-state index contributed by atoms with van der Waals surface area (Å²) >= 11 is 3.44. The molecule has 2 aromatic carbocycles. The maximum Gasteiger partial charge on any atom is 0.256 e. The van der Waals surface area contributed by atoms with Gasteiger partial charge in [-0.3, -0.25) is 4.79 Å². The summed E-state index contributed by atoms with van der Waals surface area (Å²) in [7, 11) is 3.59. The zero-order chi connectivity index (χ0) is 21.6. The molecular weight excluding hydrogens is 428 g/mol. The molecule has 0 saturated carbocycles. The van der Waals surface area contributed by atoms with Crippen LogP contribution in [-0.4, -0.2) is 37.7 Å². The molecule has 0 bridgehead atoms. The number of halogens is 1. The molecule has 0 saturated heterocycles. The van der Waals surface area contributed by atoms with E-state index in [2.05, 4.69) is 46.8 Å². The van der Waals surface area contributed by atoms with Gasteiger partial charge in [-0.2, -0.15) is 0 Å². The van der Waals surface area contributed by atoms with Crippen molar-refractivity contribution in [2.24, 2.45) is 0 Å². The number of para-hydroxylation sites is 1. The first kappa shape index (κ1) is 24.4. The summed E-state index contributed by atoms with van der Waals surface area (Å²) in [6, 6.07) is 15.8. The SMILES string of the molecule is C=C/C=C\C.CN(CC=O)C(=O)c1ccccc1N(C)Cc1ccc(CBr)cc1. The minimum absolute atomic E-state index is 0.0882. The van der Waals surface area contributed by atoms with Gasteiger partial charge in [0.25, 0.3) is 5.91 Å². The number of hydrogen-bond donors (Lipinski definition) is 0. The van der Waals surface area contributed by atoms with Gasteiger partial charge in [-0.1, -0.05) is 77.1 Å². The van der Waals surface area contributed by atoms with Crippen LogP contribution in [0.3, 0.4) is 0 Å². The van der Waals surface area contributed by atoms with Crippen LogP contribution in [0.4, 0.5) is 5.69 Å². The van der Waals surface area contributed by atoms with Gasteiger partial charge in [-0.15, -0.1) is 0 Å². The second-order valence-corrected chi connectivity index (χ2v) is 7.00. The summed E-state index contributed by atoms with van der Waals surface area (Å²) in [5.41, 5.74) is 3.85. The molecule has 0 unspecified atom stereocenters. The molecule has 2 aromatic rings. The minimum atomic E-state index is -0.154. The number of alkyl halides is 1. The smallest absolute Gasteiger partial charge is 0.256 e. The lowest BCUT2D eigenvalue weighted by Gasteiger charge is -2.24. The van der Waals surface area contributed by atoms with Crippen molar-refractivity contribution in [2.45, 2.75) is 18.8 Å². The maximum absolute atomic E-state index is 12.5. The lowest BCUT2D eigenvalue weighted by atomic mass is 10.1. The Kier molecular flexibility index (Phi) is 11.4. The van der Waals surface area contributed by atoms with Gasteiger partial charge in [0.1, 0.15) is 6.29 Å². The molecule has 154 valence electrons. The molecule has 29 heavy (non-hydrogen) atoms. The number of rotatable bonds is 8. The van der Waals surface area contributed by atoms with Crippen LogP contribution >= 0.6 is 15.9 Å². The highest BCUT2D eigenvalue weighted by molar-refractivity contribution is 9.08. The molecule has 0 aliphatic heterocycles. The molecule has 5 heteroatoms. The first-order valence-corrected chi connectivity index (χ1v) is 10.5. The third kappa shape index (κ3) is 8.08. The molecule has 0 N–H and O–H groups in total. The highest BCUT2D eigenvalue weighted by Crippen LogP contribution is 2.22. The number of nitrogens with zero attached hydrogens (tertiary/aromatic N) is 2. The van der Waals surface area contributed by atoms with Crippen LogP contribution < -0.4 is 4.90 Å². The monoisotopic (exact) mass is 456 g/mol. The number of allylic oxidation sites excluding steroid dienone is 3. The molecule has 2 rings (SSSR count). The molecule has 0 aliphatic rings. The van der Waals surface area contributed by atoms with Gasteiger partial charge in [0, 0.05) is 31.7 Å². The number of benzene rings is 2. The molecule has 0 heterocycles. The lowest BCUT2D eigenvalue weighted by Crippen LogP contribution is -2.30. The minimum Gasteiger partial charge on any atom is -0.370 e. The Balaban J connectivity index is 0.000000749. The third-order valence-corrected chi connectivity index (χ3v) is 4.81. The highest BCUT2D eigenvalue weighted by atomic mass is 79.9. The van der Waals surface area contributed by atoms with Gasteiger partial charge in [-0.05, 0) is 30.2 Å². The Morgan fingerprint density at radius 3 is 2.21 bits per heavy atom. The molecule has 0 atom stereocenters. The highest BCUT2D eigenvalue weighted by Gasteiger charge is 2.17. The Morgan fingerprint density at radius 2 is 1.69 bits per heavy atom. The van der Waals surface area contributed by atoms with Gasteiger partial charge < -0.3 is 14.6 Å². The fourth-order valence-electron chi connectivity index (χ4n) is 2.62. The van der Waals surface area contributed by atoms with E-state index in [0.29, 0.717) is 12.1 Å². The van der Waals surface area contributed by atoms with Crippen molar-refractivity contribution in [1.82, 2.24) is 4.90 Å². The number of carbonyl (C=O) groups is 2. The Labute approximate surface area is 182 Å². The van der Waals surface area contributed by atoms with Crippen molar-refractivity contribution in [2.75, 3.05) is 25.5 Å². The molecular formula is C24H29BrN2O2. The quantitative estimate of drug-likeness (QED) is 0.309. The van der Waals surface area contributed by atoms with Crippen LogP contribution in [0, 0.1) is 0 Å². The van der Waals surface area contributed by atoms with Crippen LogP contribution in [-0.2, 0) is 16.7 Å². The number of likely N-dealkylation sites (N-methyl/N-ethyl adjacent to an activating group) is 1. The van der Waals surface area contributed by atoms with Crippen LogP contribution in [0.15, 0.2) is 73.3 Å². The fraction of sp³-hybridized carbons (Fsp3) is 0.250. The van der Waals surface area contributed by atoms with E-state index in [0.717, 1.165) is 17.3 Å². The first-order valence-electron chi connectivity index (χ1n) is 9.35. The predicted octanol–water partition coefficient (Wildman–Crippen LogP) is 5.24. The second-order valence-electron chi connectivity index (χ2n) is 6.44. The Bertz CT molecular complexity index is 816. The summed E-state index contributed by atoms with van der Waals surface area (Å²) in [5.74, 6) is -0.154. The number of hydrogen-bond acceptors (Lipinski definition) is 3. The maximum atomic E-state index is 12.5. The molecule has 0 spiro atoms. The van der Waals surface area contributed by atoms with E-state index in [1.165, 1.54) is 16.0 Å². The molecule has 4 nitrogen and oxygen atoms in total. The number of amides is 1. The zero-order valence-corrected chi connectivity index (χ0v) is 18.9. The fourth-order valence-corrected chi connectivity index (χ4v) is 2.99. The van der Waals surface area contributed by atoms with E-state index in [9.17, 15) is 9.59 Å². The van der Waals surface area contributed by atoms with E-state index >= 15 is 0 Å². The van der Waals surface area contributed by atoms with Crippen molar-refractivity contribution in [1.29, 1.82) is 0 Å². The second kappa shape index (κ2) is 13.5. The van der Waals surface area contributed by atoms with E-state index in [1.807, 2.05) is 49.2 Å². The van der Waals surface area contributed by atoms with Crippen molar-refractivity contribution >= 4 is 33.8 Å². The molecule has 0 fully saturated rings. The number of aldehydes is 1. The van der Waals surface area contributed by atoms with Gasteiger partial charge in [0.05, 0.1) is 12.1 Å². The van der Waals surface area contributed by atoms with Crippen LogP contribution in [0.25, 0.3) is 0 Å². The summed E-state index contributed by atoms with van der Waals surface area (Å²) in [5, 5.41) is 0.837. The third-order valence-electron chi connectivity index (χ3n) is 4.17. The van der Waals surface area contributed by atoms with Crippen LogP contribution in [0.1, 0.15) is 28.4 Å². The van der Waals surface area contributed by atoms with Gasteiger partial charge in [-0.25, -0.2) is 0 Å². The first-order chi connectivity index (χ1) is 14.0. The standard InChI is InChI=1S/C19H21BrN2O2.C5H8/c1-21(11-12-23)19(24)17-5-3-4-6-18(17)22(2)14-16-9-7-15(13-20)8-10-16;1-3-5-4-2/h3-10,12H,11,13-14H2,1-2H3;3-5H,1H2,2H3/b;5-4-. The predicted molar refractivity (Wildman–Crippen MR) is 126 cm³/mol. The van der Waals surface area contributed by atoms with Gasteiger partial charge in [0.2, 0.25) is 0 Å². The number of anilines is 1. The summed E-state index contributed by atoms with van der Waals surface area (Å²) in [6.45, 7) is 6.21. The van der Waals surface area contributed by atoms with Crippen LogP contribution in [0.5, 0.6) is 0 Å². The van der Waals surface area contributed by atoms with E-state index < -0.39 is 0 Å². The van der Waals surface area contributed by atoms with Gasteiger partial charge in [0.15, 0.2) is 0 Å². The number of carbonyl (C=O) groups excluding carboxylic acids is 2. The molecule has 0 aromatic heterocycles. The Hall–Kier alpha value is -2.66. The van der Waals surface area contributed by atoms with Crippen molar-refractivity contribution in [3.05, 3.63) is 90.0 Å². The summed E-state index contributed by atoms with van der Waals surface area (Å²) in [6.07, 6.45) is 6.31. The summed E-state index contributed by atoms with van der Waals surface area (Å²) in [4.78, 5) is 26.7. The van der Waals surface area contributed by atoms with Crippen molar-refractivity contribution in [3.8, 4) is 0 Å². The zero-order valence-electron chi connectivity index (χ0n) is 17.3. The van der Waals surface area contributed by atoms with E-state index in [4.69, 9.17) is 0 Å². The summed E-state index contributed by atoms with van der Waals surface area (Å²) < 4.78 is 0.